The Kier molecular flexibility index (Phi) is 12.7. The van der Waals surface area contributed by atoms with Crippen molar-refractivity contribution in [3.8, 4) is 16.9 Å². The van der Waals surface area contributed by atoms with E-state index in [4.69, 9.17) is 4.98 Å². The zero-order valence-electron chi connectivity index (χ0n) is 42.4. The van der Waals surface area contributed by atoms with Gasteiger partial charge in [0.15, 0.2) is 0 Å². The monoisotopic (exact) mass is 1100 g/mol. The van der Waals surface area contributed by atoms with Crippen LogP contribution < -0.4 is 14.3 Å². The number of hydrogen-bond acceptors (Lipinski definition) is 3. The molecule has 2 aromatic heterocycles. The number of rotatable bonds is 8. The molecule has 0 saturated carbocycles. The van der Waals surface area contributed by atoms with Gasteiger partial charge in [0.05, 0.1) is 0 Å². The number of quaternary nitrogens is 1. The van der Waals surface area contributed by atoms with E-state index in [9.17, 15) is 0 Å². The van der Waals surface area contributed by atoms with Gasteiger partial charge >= 0.3 is 0 Å². The fraction of sp³-hybridized carbons (Fsp3) is 0.219. The van der Waals surface area contributed by atoms with Crippen LogP contribution in [0.1, 0.15) is 92.9 Å². The number of fused-ring (bicyclic) bond motifs is 3. The van der Waals surface area contributed by atoms with Gasteiger partial charge in [0.1, 0.15) is 17.2 Å². The predicted octanol–water partition coefficient (Wildman–Crippen LogP) is 17.3. The average Bonchev–Trinajstić information content (AvgIpc) is 3.84. The molecule has 0 N–H and O–H groups in total. The fourth-order valence-corrected chi connectivity index (χ4v) is 9.87. The Morgan fingerprint density at radius 3 is 1.64 bits per heavy atom. The number of anilines is 2. The zero-order valence-corrected chi connectivity index (χ0v) is 44.6. The first-order chi connectivity index (χ1) is 32.9. The number of aromatic nitrogens is 2. The minimum atomic E-state index is -0.0585. The molecule has 5 nitrogen and oxygen atoms in total. The molecule has 1 aliphatic rings. The molecule has 10 rings (SSSR count). The van der Waals surface area contributed by atoms with Crippen LogP contribution in [-0.4, -0.2) is 9.55 Å². The molecule has 3 heterocycles. The topological polar surface area (TPSA) is 24.3 Å². The summed E-state index contributed by atoms with van der Waals surface area (Å²) in [5.41, 5.74) is 16.5. The van der Waals surface area contributed by atoms with Crippen LogP contribution in [-0.2, 0) is 37.3 Å². The summed E-state index contributed by atoms with van der Waals surface area (Å²) in [6.07, 6.45) is 1.94. The molecule has 0 saturated heterocycles. The Morgan fingerprint density at radius 1 is 0.486 bits per heavy atom. The van der Waals surface area contributed by atoms with Crippen molar-refractivity contribution in [1.82, 2.24) is 14.0 Å². The molecule has 0 bridgehead atoms. The molecule has 7 aromatic carbocycles. The second-order valence-corrected chi connectivity index (χ2v) is 21.8. The molecular formula is C64H63N5Pt-2. The second-order valence-electron chi connectivity index (χ2n) is 21.8. The van der Waals surface area contributed by atoms with E-state index in [0.29, 0.717) is 0 Å². The standard InChI is InChI=1S/C64H63N5.Pt/c1-44-45(2)67(52-38-49(63(6,7)8)37-50(39-52)64(9,10)11)43-66(44)51-35-47(46-23-15-12-16-24-46)36-56(41-51)69(53-25-17-13-18-26-53,54-27-19-14-20-28-54)55-31-32-58-57-29-21-22-30-59(57)68(60(58)42-55)61-40-48(33-34-65-61)62(3,4)5;/h12-40,43H,1-11H3;/q-2;. The molecule has 0 aliphatic carbocycles. The van der Waals surface area contributed by atoms with Crippen molar-refractivity contribution in [1.29, 1.82) is 0 Å². The van der Waals surface area contributed by atoms with E-state index >= 15 is 0 Å². The third-order valence-corrected chi connectivity index (χ3v) is 14.0. The molecule has 6 heteroatoms. The first-order valence-electron chi connectivity index (χ1n) is 24.3. The normalized spacial score (nSPS) is 13.6. The maximum Gasteiger partial charge on any atom is 0.144 e. The third-order valence-electron chi connectivity index (χ3n) is 14.0. The van der Waals surface area contributed by atoms with Crippen LogP contribution in [0.5, 0.6) is 0 Å². The maximum atomic E-state index is 5.05. The summed E-state index contributed by atoms with van der Waals surface area (Å²) in [5.74, 6) is 0.869. The molecule has 9 aromatic rings. The summed E-state index contributed by atoms with van der Waals surface area (Å²) in [6.45, 7) is 27.3. The van der Waals surface area contributed by atoms with E-state index in [1.807, 2.05) is 6.20 Å². The van der Waals surface area contributed by atoms with Crippen molar-refractivity contribution < 1.29 is 21.1 Å². The van der Waals surface area contributed by atoms with Crippen molar-refractivity contribution >= 4 is 55.9 Å². The smallest absolute Gasteiger partial charge is 0.144 e. The molecule has 0 amide bonds. The van der Waals surface area contributed by atoms with Crippen LogP contribution in [0.25, 0.3) is 38.8 Å². The number of nitrogens with zero attached hydrogens (tertiary/aromatic N) is 5. The van der Waals surface area contributed by atoms with E-state index in [2.05, 4.69) is 279 Å². The van der Waals surface area contributed by atoms with Gasteiger partial charge in [-0.05, 0) is 88.1 Å². The minimum absolute atomic E-state index is 0. The third kappa shape index (κ3) is 8.62. The van der Waals surface area contributed by atoms with Gasteiger partial charge < -0.3 is 14.4 Å². The van der Waals surface area contributed by atoms with Crippen molar-refractivity contribution in [2.45, 2.75) is 92.4 Å². The van der Waals surface area contributed by atoms with Crippen molar-refractivity contribution in [3.05, 3.63) is 223 Å². The van der Waals surface area contributed by atoms with Crippen LogP contribution >= 0.6 is 0 Å². The summed E-state index contributed by atoms with van der Waals surface area (Å²) in [6, 6.07) is 70.1. The molecular weight excluding hydrogens is 1030 g/mol. The molecule has 0 fully saturated rings. The van der Waals surface area contributed by atoms with E-state index in [1.54, 1.807) is 0 Å². The molecule has 0 spiro atoms. The van der Waals surface area contributed by atoms with Gasteiger partial charge in [-0.1, -0.05) is 177 Å². The van der Waals surface area contributed by atoms with Crippen LogP contribution in [0.15, 0.2) is 187 Å². The first-order valence-corrected chi connectivity index (χ1v) is 24.3. The maximum absolute atomic E-state index is 5.05. The van der Waals surface area contributed by atoms with Crippen molar-refractivity contribution in [3.63, 3.8) is 0 Å². The Balaban J connectivity index is 0.00000608. The Morgan fingerprint density at radius 2 is 1.04 bits per heavy atom. The summed E-state index contributed by atoms with van der Waals surface area (Å²) in [5, 5.41) is 2.28. The quantitative estimate of drug-likeness (QED) is 0.112. The van der Waals surface area contributed by atoms with Gasteiger partial charge in [-0.2, -0.15) is 6.07 Å². The van der Waals surface area contributed by atoms with E-state index in [-0.39, 0.29) is 41.8 Å². The van der Waals surface area contributed by atoms with E-state index < -0.39 is 0 Å². The van der Waals surface area contributed by atoms with Crippen LogP contribution in [0.3, 0.4) is 0 Å². The Bertz CT molecular complexity index is 3310. The first kappa shape index (κ1) is 48.5. The summed E-state index contributed by atoms with van der Waals surface area (Å²) < 4.78 is 2.51. The van der Waals surface area contributed by atoms with Crippen LogP contribution in [0.4, 0.5) is 34.1 Å². The van der Waals surface area contributed by atoms with Crippen molar-refractivity contribution in [2.75, 3.05) is 9.80 Å². The number of pyridine rings is 1. The largest absolute Gasteiger partial charge is 0.497 e. The Labute approximate surface area is 430 Å². The van der Waals surface area contributed by atoms with E-state index in [0.717, 1.165) is 78.6 Å². The molecule has 0 atom stereocenters. The molecule has 70 heavy (non-hydrogen) atoms. The molecule has 356 valence electrons. The van der Waals surface area contributed by atoms with Crippen molar-refractivity contribution in [2.24, 2.45) is 0 Å². The molecule has 0 unspecified atom stereocenters. The number of allylic oxidation sites excluding steroid dienone is 2. The van der Waals surface area contributed by atoms with Gasteiger partial charge in [0.25, 0.3) is 0 Å². The number of hydrogen-bond donors (Lipinski definition) is 0. The number of para-hydroxylation sites is 3. The SMILES string of the molecule is CC1=C(C)N(c2cc(C(C)(C)C)cc(C(C)(C)C)c2)[CH-]N1c1[c-]c([N+](c2[c-]c3c(cc2)c2ccccc2n3-c2cc(C(C)(C)C)ccn2)(c2ccccc2)c2ccccc2)cc(-c2ccccc2)c1.[Pt]. The molecule has 1 aliphatic heterocycles. The summed E-state index contributed by atoms with van der Waals surface area (Å²) >= 11 is 0. The van der Waals surface area contributed by atoms with Gasteiger partial charge in [-0.25, -0.2) is 9.47 Å². The average molecular weight is 1100 g/mol. The fourth-order valence-electron chi connectivity index (χ4n) is 9.87. The van der Waals surface area contributed by atoms with Crippen LogP contribution in [0, 0.1) is 18.8 Å². The van der Waals surface area contributed by atoms with Gasteiger partial charge in [0.2, 0.25) is 0 Å². The van der Waals surface area contributed by atoms with Gasteiger partial charge in [-0.15, -0.1) is 35.8 Å². The summed E-state index contributed by atoms with van der Waals surface area (Å²) in [4.78, 5) is 9.74. The minimum Gasteiger partial charge on any atom is -0.497 e. The van der Waals surface area contributed by atoms with E-state index in [1.165, 1.54) is 22.4 Å². The number of benzene rings is 7. The zero-order chi connectivity index (χ0) is 48.5. The van der Waals surface area contributed by atoms with Gasteiger partial charge in [-0.3, -0.25) is 0 Å². The summed E-state index contributed by atoms with van der Waals surface area (Å²) in [7, 11) is 0. The molecule has 0 radical (unpaired) electrons. The van der Waals surface area contributed by atoms with Crippen LogP contribution in [0.2, 0.25) is 0 Å². The van der Waals surface area contributed by atoms with Gasteiger partial charge in [0, 0.05) is 85.5 Å². The predicted molar refractivity (Wildman–Crippen MR) is 292 cm³/mol. The Hall–Kier alpha value is -6.52. The second kappa shape index (κ2) is 18.3.